The number of carbonyl (C=O) groups excluding carboxylic acids is 1. The van der Waals surface area contributed by atoms with Gasteiger partial charge in [-0.15, -0.1) is 0 Å². The Bertz CT molecular complexity index is 766. The molecule has 2 aliphatic rings. The number of hydrogen-bond donors (Lipinski definition) is 0. The Morgan fingerprint density at radius 2 is 2.15 bits per heavy atom. The van der Waals surface area contributed by atoms with Gasteiger partial charge in [0, 0.05) is 45.2 Å². The predicted molar refractivity (Wildman–Crippen MR) is 102 cm³/mol. The predicted octanol–water partition coefficient (Wildman–Crippen LogP) is 2.90. The normalized spacial score (nSPS) is 21.5. The van der Waals surface area contributed by atoms with Gasteiger partial charge in [0.2, 0.25) is 5.88 Å². The van der Waals surface area contributed by atoms with Crippen molar-refractivity contribution in [2.24, 2.45) is 13.0 Å². The lowest BCUT2D eigenvalue weighted by molar-refractivity contribution is -0.0650. The monoisotopic (exact) mass is 369 g/mol. The first kappa shape index (κ1) is 18.0. The first-order valence-electron chi connectivity index (χ1n) is 9.76. The second kappa shape index (κ2) is 7.72. The van der Waals surface area contributed by atoms with E-state index >= 15 is 0 Å². The zero-order valence-corrected chi connectivity index (χ0v) is 15.8. The molecule has 0 aromatic carbocycles. The minimum Gasteiger partial charge on any atom is -0.478 e. The van der Waals surface area contributed by atoms with Gasteiger partial charge in [0.15, 0.2) is 0 Å². The molecule has 144 valence electrons. The molecular formula is C21H27N3O3. The molecule has 0 saturated carbocycles. The molecule has 6 nitrogen and oxygen atoms in total. The van der Waals surface area contributed by atoms with Crippen LogP contribution in [0.5, 0.6) is 5.88 Å². The van der Waals surface area contributed by atoms with Crippen molar-refractivity contribution < 1.29 is 14.3 Å². The topological polar surface area (TPSA) is 56.6 Å². The quantitative estimate of drug-likeness (QED) is 0.813. The lowest BCUT2D eigenvalue weighted by atomic mass is 9.78. The summed E-state index contributed by atoms with van der Waals surface area (Å²) in [4.78, 5) is 18.9. The van der Waals surface area contributed by atoms with Crippen LogP contribution in [0.4, 0.5) is 0 Å². The largest absolute Gasteiger partial charge is 0.478 e. The van der Waals surface area contributed by atoms with E-state index in [-0.39, 0.29) is 11.5 Å². The maximum Gasteiger partial charge on any atom is 0.270 e. The molecule has 1 spiro atoms. The van der Waals surface area contributed by atoms with Crippen molar-refractivity contribution in [3.63, 3.8) is 0 Å². The Hall–Kier alpha value is -2.34. The Kier molecular flexibility index (Phi) is 5.16. The molecule has 4 heterocycles. The van der Waals surface area contributed by atoms with Crippen LogP contribution in [0.1, 0.15) is 36.2 Å². The molecule has 1 atom stereocenters. The minimum absolute atomic E-state index is 0.0987. The molecule has 6 heteroatoms. The van der Waals surface area contributed by atoms with E-state index in [4.69, 9.17) is 9.47 Å². The van der Waals surface area contributed by atoms with Gasteiger partial charge in [-0.1, -0.05) is 6.07 Å². The van der Waals surface area contributed by atoms with Gasteiger partial charge < -0.3 is 18.9 Å². The number of piperidine rings is 1. The smallest absolute Gasteiger partial charge is 0.270 e. The van der Waals surface area contributed by atoms with Gasteiger partial charge in [-0.3, -0.25) is 4.79 Å². The number of pyridine rings is 1. The summed E-state index contributed by atoms with van der Waals surface area (Å²) in [5.74, 6) is 1.27. The summed E-state index contributed by atoms with van der Waals surface area (Å²) in [6.45, 7) is 2.96. The second-order valence-electron chi connectivity index (χ2n) is 7.50. The van der Waals surface area contributed by atoms with Gasteiger partial charge in [0.05, 0.1) is 12.2 Å². The Morgan fingerprint density at radius 1 is 1.30 bits per heavy atom. The van der Waals surface area contributed by atoms with Crippen LogP contribution in [-0.2, 0) is 11.8 Å². The highest BCUT2D eigenvalue weighted by molar-refractivity contribution is 5.92. The Labute approximate surface area is 160 Å². The molecule has 27 heavy (non-hydrogen) atoms. The van der Waals surface area contributed by atoms with Crippen LogP contribution in [0.25, 0.3) is 0 Å². The van der Waals surface area contributed by atoms with Crippen LogP contribution in [0.2, 0.25) is 0 Å². The molecule has 1 amide bonds. The third-order valence-electron chi connectivity index (χ3n) is 6.01. The van der Waals surface area contributed by atoms with Crippen LogP contribution in [-0.4, -0.2) is 52.3 Å². The molecule has 0 unspecified atom stereocenters. The fourth-order valence-electron chi connectivity index (χ4n) is 4.42. The number of aryl methyl sites for hydroxylation is 1. The lowest BCUT2D eigenvalue weighted by Gasteiger charge is -2.42. The Balaban J connectivity index is 1.32. The summed E-state index contributed by atoms with van der Waals surface area (Å²) in [6.07, 6.45) is 7.49. The van der Waals surface area contributed by atoms with E-state index in [0.717, 1.165) is 51.1 Å². The zero-order chi connectivity index (χ0) is 18.7. The summed E-state index contributed by atoms with van der Waals surface area (Å²) in [6, 6.07) is 9.50. The van der Waals surface area contributed by atoms with Crippen LogP contribution in [0, 0.1) is 5.92 Å². The molecule has 2 fully saturated rings. The first-order valence-corrected chi connectivity index (χ1v) is 9.76. The van der Waals surface area contributed by atoms with E-state index in [2.05, 4.69) is 4.98 Å². The van der Waals surface area contributed by atoms with Gasteiger partial charge in [-0.2, -0.15) is 0 Å². The van der Waals surface area contributed by atoms with E-state index in [1.54, 1.807) is 6.20 Å². The summed E-state index contributed by atoms with van der Waals surface area (Å²) in [7, 11) is 1.91. The fraction of sp³-hybridized carbons (Fsp3) is 0.524. The van der Waals surface area contributed by atoms with Crippen molar-refractivity contribution in [3.05, 3.63) is 48.4 Å². The molecule has 0 radical (unpaired) electrons. The molecule has 2 aliphatic heterocycles. The van der Waals surface area contributed by atoms with Crippen molar-refractivity contribution >= 4 is 5.91 Å². The number of likely N-dealkylation sites (tertiary alicyclic amines) is 1. The van der Waals surface area contributed by atoms with E-state index < -0.39 is 0 Å². The number of rotatable bonds is 5. The van der Waals surface area contributed by atoms with Gasteiger partial charge in [0.1, 0.15) is 5.69 Å². The second-order valence-corrected chi connectivity index (χ2v) is 7.50. The van der Waals surface area contributed by atoms with Gasteiger partial charge in [0.25, 0.3) is 5.91 Å². The van der Waals surface area contributed by atoms with Crippen LogP contribution in [0.15, 0.2) is 42.7 Å². The number of aromatic nitrogens is 2. The number of nitrogens with zero attached hydrogens (tertiary/aromatic N) is 3. The van der Waals surface area contributed by atoms with Crippen molar-refractivity contribution in [3.8, 4) is 5.88 Å². The van der Waals surface area contributed by atoms with E-state index in [0.29, 0.717) is 18.4 Å². The number of hydrogen-bond acceptors (Lipinski definition) is 4. The van der Waals surface area contributed by atoms with E-state index in [9.17, 15) is 4.79 Å². The fourth-order valence-corrected chi connectivity index (χ4v) is 4.42. The maximum absolute atomic E-state index is 12.7. The molecule has 0 bridgehead atoms. The van der Waals surface area contributed by atoms with Gasteiger partial charge >= 0.3 is 0 Å². The summed E-state index contributed by atoms with van der Waals surface area (Å²) in [5.41, 5.74) is 0.650. The number of carbonyl (C=O) groups is 1. The van der Waals surface area contributed by atoms with Crippen molar-refractivity contribution in [1.29, 1.82) is 0 Å². The molecule has 0 N–H and O–H groups in total. The number of amides is 1. The highest BCUT2D eigenvalue weighted by atomic mass is 16.5. The molecule has 0 aliphatic carbocycles. The highest BCUT2D eigenvalue weighted by Crippen LogP contribution is 2.42. The third-order valence-corrected chi connectivity index (χ3v) is 6.01. The van der Waals surface area contributed by atoms with E-state index in [1.165, 1.54) is 0 Å². The first-order chi connectivity index (χ1) is 13.2. The van der Waals surface area contributed by atoms with Crippen molar-refractivity contribution in [2.75, 3.05) is 26.3 Å². The standard InChI is InChI=1S/C21H27N3O3/c1-23-12-4-5-18(23)20(25)24-13-9-21(10-14-24)17(8-16-27-21)7-15-26-19-6-2-3-11-22-19/h2-6,11-12,17H,7-10,13-16H2,1H3/t17-/m0/s1. The molecule has 2 aromatic heterocycles. The molecule has 2 saturated heterocycles. The van der Waals surface area contributed by atoms with Crippen molar-refractivity contribution in [1.82, 2.24) is 14.5 Å². The number of ether oxygens (including phenoxy) is 2. The van der Waals surface area contributed by atoms with Gasteiger partial charge in [-0.25, -0.2) is 4.98 Å². The molecule has 2 aromatic rings. The zero-order valence-electron chi connectivity index (χ0n) is 15.8. The molecule has 4 rings (SSSR count). The minimum atomic E-state index is -0.0987. The summed E-state index contributed by atoms with van der Waals surface area (Å²) in [5, 5.41) is 0. The van der Waals surface area contributed by atoms with E-state index in [1.807, 2.05) is 53.0 Å². The average Bonchev–Trinajstić information content (AvgIpc) is 3.29. The third kappa shape index (κ3) is 3.72. The molecular weight excluding hydrogens is 342 g/mol. The van der Waals surface area contributed by atoms with Crippen LogP contribution >= 0.6 is 0 Å². The van der Waals surface area contributed by atoms with Crippen LogP contribution in [0.3, 0.4) is 0 Å². The highest BCUT2D eigenvalue weighted by Gasteiger charge is 2.46. The summed E-state index contributed by atoms with van der Waals surface area (Å²) < 4.78 is 13.9. The van der Waals surface area contributed by atoms with Gasteiger partial charge in [-0.05, 0) is 49.8 Å². The van der Waals surface area contributed by atoms with Crippen LogP contribution < -0.4 is 4.74 Å². The average molecular weight is 369 g/mol. The summed E-state index contributed by atoms with van der Waals surface area (Å²) >= 11 is 0. The SMILES string of the molecule is Cn1cccc1C(=O)N1CCC2(CC1)OCC[C@@H]2CCOc1ccccn1. The van der Waals surface area contributed by atoms with Crippen molar-refractivity contribution in [2.45, 2.75) is 31.3 Å². The lowest BCUT2D eigenvalue weighted by Crippen LogP contribution is -2.49. The Morgan fingerprint density at radius 3 is 2.85 bits per heavy atom. The maximum atomic E-state index is 12.7.